The minimum atomic E-state index is -3.55. The van der Waals surface area contributed by atoms with Crippen LogP contribution in [0, 0.1) is 18.6 Å². The highest BCUT2D eigenvalue weighted by Crippen LogP contribution is 2.26. The number of aryl methyl sites for hydroxylation is 1. The van der Waals surface area contributed by atoms with E-state index in [-0.39, 0.29) is 22.6 Å². The van der Waals surface area contributed by atoms with E-state index in [4.69, 9.17) is 0 Å². The highest BCUT2D eigenvalue weighted by molar-refractivity contribution is 7.92. The first-order valence-corrected chi connectivity index (χ1v) is 9.52. The summed E-state index contributed by atoms with van der Waals surface area (Å²) in [6.07, 6.45) is 0.972. The number of carbonyl (C=O) groups excluding carboxylic acids is 2. The van der Waals surface area contributed by atoms with Crippen molar-refractivity contribution >= 4 is 38.9 Å². The molecular weight excluding hydrogens is 380 g/mol. The van der Waals surface area contributed by atoms with Crippen molar-refractivity contribution in [2.24, 2.45) is 0 Å². The lowest BCUT2D eigenvalue weighted by molar-refractivity contribution is -0.114. The maximum Gasteiger partial charge on any atom is 0.255 e. The topological polar surface area (TPSA) is 104 Å². The maximum atomic E-state index is 13.5. The Balaban J connectivity index is 2.36. The molecule has 0 aliphatic rings. The molecule has 0 saturated carbocycles. The van der Waals surface area contributed by atoms with E-state index in [9.17, 15) is 26.8 Å². The van der Waals surface area contributed by atoms with Gasteiger partial charge in [0.15, 0.2) is 11.6 Å². The maximum absolute atomic E-state index is 13.5. The van der Waals surface area contributed by atoms with Gasteiger partial charge in [-0.15, -0.1) is 0 Å². The number of halogens is 2. The Hall–Kier alpha value is -3.01. The van der Waals surface area contributed by atoms with Crippen molar-refractivity contribution in [2.45, 2.75) is 13.8 Å². The minimum absolute atomic E-state index is 0.0743. The number of rotatable bonds is 5. The van der Waals surface area contributed by atoms with Gasteiger partial charge in [0.2, 0.25) is 15.9 Å². The van der Waals surface area contributed by atoms with Gasteiger partial charge in [0.1, 0.15) is 0 Å². The number of amides is 2. The molecule has 7 nitrogen and oxygen atoms in total. The highest BCUT2D eigenvalue weighted by Gasteiger charge is 2.16. The molecule has 0 aliphatic carbocycles. The Bertz CT molecular complexity index is 1020. The van der Waals surface area contributed by atoms with Crippen LogP contribution in [0.25, 0.3) is 0 Å². The molecule has 10 heteroatoms. The van der Waals surface area contributed by atoms with E-state index in [0.29, 0.717) is 5.56 Å². The fourth-order valence-electron chi connectivity index (χ4n) is 2.21. The Morgan fingerprint density at radius 3 is 2.00 bits per heavy atom. The van der Waals surface area contributed by atoms with Gasteiger partial charge < -0.3 is 10.6 Å². The molecule has 2 aromatic carbocycles. The molecule has 0 heterocycles. The number of nitrogens with one attached hydrogen (secondary N) is 3. The smallest absolute Gasteiger partial charge is 0.255 e. The standard InChI is InChI=1S/C17H17F2N3O4S/c1-9-4-5-11(6-14(9)22-27(3,25)26)17(24)21-16-8-13(19)12(18)7-15(16)20-10(2)23/h4-8,22H,1-3H3,(H,20,23)(H,21,24). The Kier molecular flexibility index (Phi) is 5.79. The van der Waals surface area contributed by atoms with Crippen molar-refractivity contribution < 1.29 is 26.8 Å². The van der Waals surface area contributed by atoms with Crippen LogP contribution in [0.3, 0.4) is 0 Å². The van der Waals surface area contributed by atoms with Gasteiger partial charge in [-0.3, -0.25) is 14.3 Å². The first-order chi connectivity index (χ1) is 12.5. The van der Waals surface area contributed by atoms with Crippen molar-refractivity contribution in [3.05, 3.63) is 53.1 Å². The van der Waals surface area contributed by atoms with Crippen LogP contribution in [0.5, 0.6) is 0 Å². The molecular formula is C17H17F2N3O4S. The van der Waals surface area contributed by atoms with E-state index in [2.05, 4.69) is 15.4 Å². The zero-order valence-electron chi connectivity index (χ0n) is 14.7. The summed E-state index contributed by atoms with van der Waals surface area (Å²) in [7, 11) is -3.55. The summed E-state index contributed by atoms with van der Waals surface area (Å²) in [5, 5.41) is 4.67. The number of benzene rings is 2. The van der Waals surface area contributed by atoms with Gasteiger partial charge in [-0.2, -0.15) is 0 Å². The average Bonchev–Trinajstić information content (AvgIpc) is 2.52. The summed E-state index contributed by atoms with van der Waals surface area (Å²) in [6, 6.07) is 5.77. The average molecular weight is 397 g/mol. The molecule has 144 valence electrons. The van der Waals surface area contributed by atoms with E-state index in [1.165, 1.54) is 25.1 Å². The summed E-state index contributed by atoms with van der Waals surface area (Å²) in [5.41, 5.74) is 0.607. The third-order valence-electron chi connectivity index (χ3n) is 3.41. The zero-order chi connectivity index (χ0) is 20.4. The van der Waals surface area contributed by atoms with E-state index in [1.807, 2.05) is 0 Å². The lowest BCUT2D eigenvalue weighted by Gasteiger charge is -2.13. The van der Waals surface area contributed by atoms with E-state index in [0.717, 1.165) is 18.4 Å². The third kappa shape index (κ3) is 5.48. The molecule has 0 saturated heterocycles. The molecule has 0 aromatic heterocycles. The van der Waals surface area contributed by atoms with Gasteiger partial charge in [-0.1, -0.05) is 6.07 Å². The number of carbonyl (C=O) groups is 2. The van der Waals surface area contributed by atoms with Gasteiger partial charge in [0, 0.05) is 24.6 Å². The first-order valence-electron chi connectivity index (χ1n) is 7.62. The van der Waals surface area contributed by atoms with E-state index in [1.54, 1.807) is 6.92 Å². The molecule has 2 amide bonds. The van der Waals surface area contributed by atoms with Crippen molar-refractivity contribution in [3.63, 3.8) is 0 Å². The van der Waals surface area contributed by atoms with Gasteiger partial charge in [0.25, 0.3) is 5.91 Å². The van der Waals surface area contributed by atoms with Crippen LogP contribution in [0.15, 0.2) is 30.3 Å². The second-order valence-electron chi connectivity index (χ2n) is 5.85. The van der Waals surface area contributed by atoms with Crippen LogP contribution in [0.1, 0.15) is 22.8 Å². The molecule has 0 atom stereocenters. The summed E-state index contributed by atoms with van der Waals surface area (Å²) in [4.78, 5) is 23.7. The van der Waals surface area contributed by atoms with Gasteiger partial charge in [0.05, 0.1) is 23.3 Å². The predicted octanol–water partition coefficient (Wildman–Crippen LogP) is 2.86. The molecule has 0 bridgehead atoms. The molecule has 2 rings (SSSR count). The van der Waals surface area contributed by atoms with Crippen LogP contribution in [0.4, 0.5) is 25.8 Å². The number of hydrogen-bond donors (Lipinski definition) is 3. The normalized spacial score (nSPS) is 11.0. The number of sulfonamides is 1. The summed E-state index contributed by atoms with van der Waals surface area (Å²) < 4.78 is 52.1. The van der Waals surface area contributed by atoms with Crippen molar-refractivity contribution in [1.82, 2.24) is 0 Å². The molecule has 0 fully saturated rings. The summed E-state index contributed by atoms with van der Waals surface area (Å²) in [5.74, 6) is -3.63. The second kappa shape index (κ2) is 7.70. The van der Waals surface area contributed by atoms with Crippen molar-refractivity contribution in [2.75, 3.05) is 21.6 Å². The third-order valence-corrected chi connectivity index (χ3v) is 4.01. The van der Waals surface area contributed by atoms with Crippen molar-refractivity contribution in [3.8, 4) is 0 Å². The fourth-order valence-corrected chi connectivity index (χ4v) is 2.83. The van der Waals surface area contributed by atoms with Gasteiger partial charge in [-0.25, -0.2) is 17.2 Å². The van der Waals surface area contributed by atoms with Crippen LogP contribution >= 0.6 is 0 Å². The Labute approximate surface area is 154 Å². The Morgan fingerprint density at radius 1 is 0.926 bits per heavy atom. The van der Waals surface area contributed by atoms with Crippen LogP contribution in [0.2, 0.25) is 0 Å². The van der Waals surface area contributed by atoms with Crippen LogP contribution < -0.4 is 15.4 Å². The van der Waals surface area contributed by atoms with Gasteiger partial charge >= 0.3 is 0 Å². The summed E-state index contributed by atoms with van der Waals surface area (Å²) >= 11 is 0. The molecule has 3 N–H and O–H groups in total. The zero-order valence-corrected chi connectivity index (χ0v) is 15.5. The Morgan fingerprint density at radius 2 is 1.48 bits per heavy atom. The number of anilines is 3. The quantitative estimate of drug-likeness (QED) is 0.722. The monoisotopic (exact) mass is 397 g/mol. The highest BCUT2D eigenvalue weighted by atomic mass is 32.2. The molecule has 0 radical (unpaired) electrons. The first kappa shape index (κ1) is 20.3. The molecule has 0 spiro atoms. The SMILES string of the molecule is CC(=O)Nc1cc(F)c(F)cc1NC(=O)c1ccc(C)c(NS(C)(=O)=O)c1. The van der Waals surface area contributed by atoms with Crippen LogP contribution in [-0.2, 0) is 14.8 Å². The molecule has 0 unspecified atom stereocenters. The minimum Gasteiger partial charge on any atom is -0.324 e. The largest absolute Gasteiger partial charge is 0.324 e. The lowest BCUT2D eigenvalue weighted by atomic mass is 10.1. The summed E-state index contributed by atoms with van der Waals surface area (Å²) in [6.45, 7) is 2.83. The van der Waals surface area contributed by atoms with Gasteiger partial charge in [-0.05, 0) is 24.6 Å². The lowest BCUT2D eigenvalue weighted by Crippen LogP contribution is -2.17. The van der Waals surface area contributed by atoms with E-state index >= 15 is 0 Å². The number of hydrogen-bond acceptors (Lipinski definition) is 4. The van der Waals surface area contributed by atoms with E-state index < -0.39 is 33.5 Å². The fraction of sp³-hybridized carbons (Fsp3) is 0.176. The predicted molar refractivity (Wildman–Crippen MR) is 98.3 cm³/mol. The molecule has 0 aliphatic heterocycles. The molecule has 2 aromatic rings. The molecule has 27 heavy (non-hydrogen) atoms. The van der Waals surface area contributed by atoms with Crippen molar-refractivity contribution in [1.29, 1.82) is 0 Å². The van der Waals surface area contributed by atoms with Crippen LogP contribution in [-0.4, -0.2) is 26.5 Å². The second-order valence-corrected chi connectivity index (χ2v) is 7.60.